The van der Waals surface area contributed by atoms with E-state index >= 15 is 0 Å². The number of hydrogen-bond acceptors (Lipinski definition) is 4. The summed E-state index contributed by atoms with van der Waals surface area (Å²) in [6, 6.07) is 5.33. The predicted molar refractivity (Wildman–Crippen MR) is 97.0 cm³/mol. The number of fused-ring (bicyclic) bond motifs is 2. The molecule has 0 spiro atoms. The molecule has 2 aliphatic heterocycles. The summed E-state index contributed by atoms with van der Waals surface area (Å²) in [5.74, 6) is 0.891. The number of aryl methyl sites for hydroxylation is 1. The smallest absolute Gasteiger partial charge is 0.261 e. The Hall–Kier alpha value is -2.21. The van der Waals surface area contributed by atoms with Gasteiger partial charge in [-0.1, -0.05) is 6.92 Å². The summed E-state index contributed by atoms with van der Waals surface area (Å²) in [6.45, 7) is 7.27. The Morgan fingerprint density at radius 1 is 1.12 bits per heavy atom. The Balaban J connectivity index is 1.65. The third-order valence-corrected chi connectivity index (χ3v) is 5.42. The van der Waals surface area contributed by atoms with Crippen LogP contribution in [0.4, 0.5) is 0 Å². The number of benzene rings is 1. The predicted octanol–water partition coefficient (Wildman–Crippen LogP) is 1.51. The van der Waals surface area contributed by atoms with Crippen LogP contribution >= 0.6 is 0 Å². The molecule has 1 saturated heterocycles. The third-order valence-electron chi connectivity index (χ3n) is 5.42. The van der Waals surface area contributed by atoms with Gasteiger partial charge in [0.15, 0.2) is 0 Å². The SMILES string of the molecule is CCN1CCN(C(=O)c2ccc3c(=O)n4c(nc3c2)CCCC4)CC1. The number of amides is 1. The zero-order chi connectivity index (χ0) is 17.4. The van der Waals surface area contributed by atoms with Crippen LogP contribution in [0.3, 0.4) is 0 Å². The number of nitrogens with zero attached hydrogens (tertiary/aromatic N) is 4. The standard InChI is InChI=1S/C19H24N4O2/c1-2-21-9-11-22(12-10-21)18(24)14-6-7-15-16(13-14)20-17-5-3-4-8-23(17)19(15)25/h6-7,13H,2-5,8-12H2,1H3. The quantitative estimate of drug-likeness (QED) is 0.831. The maximum Gasteiger partial charge on any atom is 0.261 e. The van der Waals surface area contributed by atoms with Crippen LogP contribution in [0, 0.1) is 0 Å². The molecule has 25 heavy (non-hydrogen) atoms. The summed E-state index contributed by atoms with van der Waals surface area (Å²) >= 11 is 0. The second-order valence-electron chi connectivity index (χ2n) is 6.90. The van der Waals surface area contributed by atoms with Gasteiger partial charge in [-0.25, -0.2) is 4.98 Å². The molecule has 1 amide bonds. The third kappa shape index (κ3) is 2.95. The van der Waals surface area contributed by atoms with Gasteiger partial charge in [0.1, 0.15) is 5.82 Å². The minimum Gasteiger partial charge on any atom is -0.336 e. The first kappa shape index (κ1) is 16.3. The van der Waals surface area contributed by atoms with Crippen molar-refractivity contribution in [2.75, 3.05) is 32.7 Å². The Kier molecular flexibility index (Phi) is 4.29. The van der Waals surface area contributed by atoms with Gasteiger partial charge >= 0.3 is 0 Å². The van der Waals surface area contributed by atoms with Gasteiger partial charge in [0.05, 0.1) is 10.9 Å². The monoisotopic (exact) mass is 340 g/mol. The van der Waals surface area contributed by atoms with E-state index in [9.17, 15) is 9.59 Å². The maximum atomic E-state index is 12.8. The van der Waals surface area contributed by atoms with Gasteiger partial charge in [-0.2, -0.15) is 0 Å². The average Bonchev–Trinajstić information content (AvgIpc) is 2.67. The summed E-state index contributed by atoms with van der Waals surface area (Å²) in [4.78, 5) is 34.4. The molecule has 4 rings (SSSR count). The molecule has 0 N–H and O–H groups in total. The number of aromatic nitrogens is 2. The van der Waals surface area contributed by atoms with Crippen LogP contribution in [0.5, 0.6) is 0 Å². The van der Waals surface area contributed by atoms with Crippen molar-refractivity contribution in [1.82, 2.24) is 19.4 Å². The second-order valence-corrected chi connectivity index (χ2v) is 6.90. The van der Waals surface area contributed by atoms with Crippen molar-refractivity contribution in [2.24, 2.45) is 0 Å². The molecule has 0 aliphatic carbocycles. The number of rotatable bonds is 2. The van der Waals surface area contributed by atoms with E-state index in [1.165, 1.54) is 0 Å². The first-order chi connectivity index (χ1) is 12.2. The van der Waals surface area contributed by atoms with Crippen molar-refractivity contribution in [3.8, 4) is 0 Å². The van der Waals surface area contributed by atoms with Gasteiger partial charge in [0.2, 0.25) is 0 Å². The Bertz CT molecular complexity index is 866. The van der Waals surface area contributed by atoms with E-state index in [4.69, 9.17) is 0 Å². The van der Waals surface area contributed by atoms with Crippen molar-refractivity contribution >= 4 is 16.8 Å². The summed E-state index contributed by atoms with van der Waals surface area (Å²) in [5.41, 5.74) is 1.30. The highest BCUT2D eigenvalue weighted by atomic mass is 16.2. The number of hydrogen-bond donors (Lipinski definition) is 0. The summed E-state index contributed by atoms with van der Waals surface area (Å²) < 4.78 is 1.79. The topological polar surface area (TPSA) is 58.4 Å². The minimum atomic E-state index is 0.0234. The molecule has 6 nitrogen and oxygen atoms in total. The summed E-state index contributed by atoms with van der Waals surface area (Å²) in [6.07, 6.45) is 2.93. The molecular weight excluding hydrogens is 316 g/mol. The maximum absolute atomic E-state index is 12.8. The van der Waals surface area contributed by atoms with Gasteiger partial charge in [-0.3, -0.25) is 14.2 Å². The zero-order valence-corrected chi connectivity index (χ0v) is 14.7. The molecule has 1 fully saturated rings. The fraction of sp³-hybridized carbons (Fsp3) is 0.526. The zero-order valence-electron chi connectivity index (χ0n) is 14.7. The van der Waals surface area contributed by atoms with Crippen LogP contribution in [0.1, 0.15) is 35.9 Å². The largest absolute Gasteiger partial charge is 0.336 e. The fourth-order valence-electron chi connectivity index (χ4n) is 3.82. The van der Waals surface area contributed by atoms with Crippen LogP contribution in [0.15, 0.2) is 23.0 Å². The molecule has 0 saturated carbocycles. The molecule has 6 heteroatoms. The molecular formula is C19H24N4O2. The van der Waals surface area contributed by atoms with Crippen molar-refractivity contribution in [3.63, 3.8) is 0 Å². The molecule has 2 aromatic rings. The number of carbonyl (C=O) groups excluding carboxylic acids is 1. The average molecular weight is 340 g/mol. The molecule has 0 unspecified atom stereocenters. The Morgan fingerprint density at radius 3 is 2.68 bits per heavy atom. The van der Waals surface area contributed by atoms with E-state index in [-0.39, 0.29) is 11.5 Å². The first-order valence-electron chi connectivity index (χ1n) is 9.22. The molecule has 3 heterocycles. The van der Waals surface area contributed by atoms with Crippen LogP contribution < -0.4 is 5.56 Å². The van der Waals surface area contributed by atoms with Crippen LogP contribution in [0.2, 0.25) is 0 Å². The normalized spacial score (nSPS) is 18.4. The van der Waals surface area contributed by atoms with Gasteiger partial charge in [-0.05, 0) is 37.6 Å². The van der Waals surface area contributed by atoms with E-state index in [0.29, 0.717) is 16.5 Å². The van der Waals surface area contributed by atoms with Gasteiger partial charge in [0.25, 0.3) is 11.5 Å². The van der Waals surface area contributed by atoms with Crippen molar-refractivity contribution in [3.05, 3.63) is 39.9 Å². The minimum absolute atomic E-state index is 0.0234. The number of carbonyl (C=O) groups is 1. The van der Waals surface area contributed by atoms with E-state index < -0.39 is 0 Å². The lowest BCUT2D eigenvalue weighted by molar-refractivity contribution is 0.0643. The lowest BCUT2D eigenvalue weighted by atomic mass is 10.1. The fourth-order valence-corrected chi connectivity index (χ4v) is 3.82. The Morgan fingerprint density at radius 2 is 1.92 bits per heavy atom. The van der Waals surface area contributed by atoms with Gasteiger partial charge in [0, 0.05) is 44.7 Å². The molecule has 1 aromatic carbocycles. The highest BCUT2D eigenvalue weighted by Crippen LogP contribution is 2.17. The second kappa shape index (κ2) is 6.59. The molecule has 132 valence electrons. The van der Waals surface area contributed by atoms with Crippen molar-refractivity contribution < 1.29 is 4.79 Å². The molecule has 2 aliphatic rings. The van der Waals surface area contributed by atoms with Crippen molar-refractivity contribution in [1.29, 1.82) is 0 Å². The Labute approximate surface area is 147 Å². The number of likely N-dealkylation sites (N-methyl/N-ethyl adjacent to an activating group) is 1. The molecule has 0 atom stereocenters. The molecule has 0 bridgehead atoms. The lowest BCUT2D eigenvalue weighted by Gasteiger charge is -2.34. The van der Waals surface area contributed by atoms with Crippen molar-refractivity contribution in [2.45, 2.75) is 32.7 Å². The van der Waals surface area contributed by atoms with E-state index in [1.54, 1.807) is 22.8 Å². The van der Waals surface area contributed by atoms with E-state index in [0.717, 1.165) is 64.4 Å². The van der Waals surface area contributed by atoms with Gasteiger partial charge < -0.3 is 9.80 Å². The molecule has 0 radical (unpaired) electrons. The van der Waals surface area contributed by atoms with Gasteiger partial charge in [-0.15, -0.1) is 0 Å². The highest BCUT2D eigenvalue weighted by molar-refractivity contribution is 5.97. The summed E-state index contributed by atoms with van der Waals surface area (Å²) in [5, 5.41) is 0.609. The highest BCUT2D eigenvalue weighted by Gasteiger charge is 2.22. The van der Waals surface area contributed by atoms with Crippen LogP contribution in [-0.4, -0.2) is 58.0 Å². The molecule has 1 aromatic heterocycles. The van der Waals surface area contributed by atoms with Crippen LogP contribution in [0.25, 0.3) is 10.9 Å². The lowest BCUT2D eigenvalue weighted by Crippen LogP contribution is -2.48. The van der Waals surface area contributed by atoms with E-state index in [2.05, 4.69) is 16.8 Å². The van der Waals surface area contributed by atoms with Crippen LogP contribution in [-0.2, 0) is 13.0 Å². The number of piperazine rings is 1. The first-order valence-corrected chi connectivity index (χ1v) is 9.22. The van der Waals surface area contributed by atoms with E-state index in [1.807, 2.05) is 4.90 Å². The summed E-state index contributed by atoms with van der Waals surface area (Å²) in [7, 11) is 0.